The summed E-state index contributed by atoms with van der Waals surface area (Å²) in [6.45, 7) is 4.87. The van der Waals surface area contributed by atoms with E-state index in [-0.39, 0.29) is 11.3 Å². The minimum absolute atomic E-state index is 0.149. The minimum Gasteiger partial charge on any atom is -0.506 e. The van der Waals surface area contributed by atoms with Gasteiger partial charge in [0.15, 0.2) is 11.6 Å². The second kappa shape index (κ2) is 6.43. The summed E-state index contributed by atoms with van der Waals surface area (Å²) in [5.41, 5.74) is 2.08. The van der Waals surface area contributed by atoms with E-state index >= 15 is 0 Å². The monoisotopic (exact) mass is 311 g/mol. The number of imidazole rings is 1. The smallest absolute Gasteiger partial charge is 0.169 e. The van der Waals surface area contributed by atoms with Gasteiger partial charge in [-0.2, -0.15) is 5.26 Å². The Labute approximate surface area is 136 Å². The molecule has 2 N–H and O–H groups in total. The summed E-state index contributed by atoms with van der Waals surface area (Å²) in [5.74, 6) is 1.45. The summed E-state index contributed by atoms with van der Waals surface area (Å²) in [6, 6.07) is 9.91. The predicted molar refractivity (Wildman–Crippen MR) is 89.8 cm³/mol. The van der Waals surface area contributed by atoms with Gasteiger partial charge in [-0.25, -0.2) is 4.98 Å². The molecule has 1 fully saturated rings. The van der Waals surface area contributed by atoms with Gasteiger partial charge < -0.3 is 14.6 Å². The average molecular weight is 311 g/mol. The number of hydrogen-bond donors (Lipinski definition) is 2. The number of aromatic nitrogens is 2. The quantitative estimate of drug-likeness (QED) is 0.669. The van der Waals surface area contributed by atoms with Crippen LogP contribution in [-0.4, -0.2) is 34.3 Å². The Bertz CT molecular complexity index is 776. The highest BCUT2D eigenvalue weighted by molar-refractivity contribution is 5.83. The average Bonchev–Trinajstić information content (AvgIpc) is 2.88. The number of quaternary nitrogens is 1. The van der Waals surface area contributed by atoms with Gasteiger partial charge in [-0.15, -0.1) is 0 Å². The molecule has 0 unspecified atom stereocenters. The van der Waals surface area contributed by atoms with E-state index in [1.165, 1.54) is 17.7 Å². The molecule has 1 aliphatic heterocycles. The number of aliphatic hydroxyl groups excluding tert-OH is 1. The number of piperidine rings is 1. The van der Waals surface area contributed by atoms with Crippen LogP contribution in [-0.2, 0) is 7.05 Å². The van der Waals surface area contributed by atoms with Gasteiger partial charge in [-0.3, -0.25) is 0 Å². The van der Waals surface area contributed by atoms with Crippen molar-refractivity contribution in [2.24, 2.45) is 13.0 Å². The molecule has 0 radical (unpaired) electrons. The van der Waals surface area contributed by atoms with E-state index in [1.54, 1.807) is 0 Å². The molecule has 1 aromatic carbocycles. The Morgan fingerprint density at radius 2 is 2.09 bits per heavy atom. The zero-order chi connectivity index (χ0) is 16.4. The van der Waals surface area contributed by atoms with Gasteiger partial charge in [0.05, 0.1) is 24.1 Å². The SMILES string of the molecule is CC1CC[NH+](C/C(O)=C(\C#N)c2nc3ccccc3n2C)CC1. The number of fused-ring (bicyclic) bond motifs is 1. The van der Waals surface area contributed by atoms with E-state index in [1.807, 2.05) is 35.9 Å². The number of nitrogens with one attached hydrogen (secondary N) is 1. The van der Waals surface area contributed by atoms with Crippen LogP contribution in [0.4, 0.5) is 0 Å². The second-order valence-corrected chi connectivity index (χ2v) is 6.53. The standard InChI is InChI=1S/C18H22N4O/c1-13-7-9-22(10-8-13)12-17(23)14(11-19)18-20-15-5-3-4-6-16(15)21(18)2/h3-6,13,23H,7-10,12H2,1-2H3/p+1/b17-14-. The van der Waals surface area contributed by atoms with Gasteiger partial charge in [0.1, 0.15) is 18.2 Å². The van der Waals surface area contributed by atoms with Gasteiger partial charge >= 0.3 is 0 Å². The normalized spacial score (nSPS) is 22.7. The molecule has 1 aliphatic rings. The number of aliphatic hydroxyl groups is 1. The number of nitrogens with zero attached hydrogens (tertiary/aromatic N) is 3. The lowest BCUT2D eigenvalue weighted by atomic mass is 9.99. The van der Waals surface area contributed by atoms with E-state index in [0.717, 1.165) is 30.0 Å². The maximum atomic E-state index is 10.5. The first kappa shape index (κ1) is 15.6. The molecule has 2 heterocycles. The van der Waals surface area contributed by atoms with Gasteiger partial charge in [-0.05, 0) is 30.9 Å². The van der Waals surface area contributed by atoms with Crippen molar-refractivity contribution in [1.29, 1.82) is 5.26 Å². The Morgan fingerprint density at radius 1 is 1.39 bits per heavy atom. The van der Waals surface area contributed by atoms with E-state index in [2.05, 4.69) is 18.0 Å². The van der Waals surface area contributed by atoms with Crippen LogP contribution in [0.15, 0.2) is 30.0 Å². The number of likely N-dealkylation sites (tertiary alicyclic amines) is 1. The highest BCUT2D eigenvalue weighted by atomic mass is 16.3. The van der Waals surface area contributed by atoms with Crippen LogP contribution in [0.5, 0.6) is 0 Å². The molecule has 0 atom stereocenters. The number of rotatable bonds is 3. The first-order valence-corrected chi connectivity index (χ1v) is 8.17. The van der Waals surface area contributed by atoms with Crippen molar-refractivity contribution < 1.29 is 10.0 Å². The number of para-hydroxylation sites is 2. The third-order valence-electron chi connectivity index (χ3n) is 4.81. The summed E-state index contributed by atoms with van der Waals surface area (Å²) in [7, 11) is 1.88. The fourth-order valence-electron chi connectivity index (χ4n) is 3.29. The fourth-order valence-corrected chi connectivity index (χ4v) is 3.29. The molecule has 0 spiro atoms. The lowest BCUT2D eigenvalue weighted by Crippen LogP contribution is -3.13. The molecule has 5 heteroatoms. The third-order valence-corrected chi connectivity index (χ3v) is 4.81. The van der Waals surface area contributed by atoms with Crippen LogP contribution in [0, 0.1) is 17.2 Å². The van der Waals surface area contributed by atoms with E-state index in [9.17, 15) is 10.4 Å². The van der Waals surface area contributed by atoms with Crippen molar-refractivity contribution >= 4 is 16.6 Å². The van der Waals surface area contributed by atoms with Crippen molar-refractivity contribution in [3.63, 3.8) is 0 Å². The first-order chi connectivity index (χ1) is 11.1. The van der Waals surface area contributed by atoms with Crippen molar-refractivity contribution in [2.45, 2.75) is 19.8 Å². The molecule has 3 rings (SSSR count). The van der Waals surface area contributed by atoms with Crippen molar-refractivity contribution in [2.75, 3.05) is 19.6 Å². The van der Waals surface area contributed by atoms with Crippen LogP contribution in [0.1, 0.15) is 25.6 Å². The molecule has 1 aromatic heterocycles. The molecule has 0 amide bonds. The third kappa shape index (κ3) is 3.08. The van der Waals surface area contributed by atoms with Crippen molar-refractivity contribution in [1.82, 2.24) is 9.55 Å². The lowest BCUT2D eigenvalue weighted by Gasteiger charge is -2.27. The van der Waals surface area contributed by atoms with Crippen molar-refractivity contribution in [3.8, 4) is 6.07 Å². The maximum Gasteiger partial charge on any atom is 0.169 e. The topological polar surface area (TPSA) is 66.3 Å². The summed E-state index contributed by atoms with van der Waals surface area (Å²) in [6.07, 6.45) is 2.35. The Hall–Kier alpha value is -2.32. The van der Waals surface area contributed by atoms with Crippen LogP contribution in [0.2, 0.25) is 0 Å². The molecular formula is C18H23N4O+. The highest BCUT2D eigenvalue weighted by Gasteiger charge is 2.23. The number of allylic oxidation sites excluding steroid dienone is 1. The second-order valence-electron chi connectivity index (χ2n) is 6.53. The van der Waals surface area contributed by atoms with E-state index in [4.69, 9.17) is 0 Å². The lowest BCUT2D eigenvalue weighted by molar-refractivity contribution is -0.902. The molecule has 2 aromatic rings. The van der Waals surface area contributed by atoms with Crippen LogP contribution in [0.25, 0.3) is 16.6 Å². The Kier molecular flexibility index (Phi) is 4.35. The minimum atomic E-state index is 0.149. The summed E-state index contributed by atoms with van der Waals surface area (Å²) < 4.78 is 1.87. The first-order valence-electron chi connectivity index (χ1n) is 8.17. The zero-order valence-corrected chi connectivity index (χ0v) is 13.7. The fraction of sp³-hybridized carbons (Fsp3) is 0.444. The Morgan fingerprint density at radius 3 is 2.74 bits per heavy atom. The molecule has 120 valence electrons. The van der Waals surface area contributed by atoms with Gasteiger partial charge in [0.25, 0.3) is 0 Å². The molecule has 0 saturated carbocycles. The number of nitriles is 1. The highest BCUT2D eigenvalue weighted by Crippen LogP contribution is 2.21. The molecule has 1 saturated heterocycles. The van der Waals surface area contributed by atoms with Gasteiger partial charge in [0, 0.05) is 7.05 Å². The molecule has 23 heavy (non-hydrogen) atoms. The number of benzene rings is 1. The predicted octanol–water partition coefficient (Wildman–Crippen LogP) is 1.68. The summed E-state index contributed by atoms with van der Waals surface area (Å²) in [5, 5.41) is 20.1. The molecule has 5 nitrogen and oxygen atoms in total. The molecule has 0 bridgehead atoms. The van der Waals surface area contributed by atoms with Crippen LogP contribution >= 0.6 is 0 Å². The molecule has 0 aliphatic carbocycles. The zero-order valence-electron chi connectivity index (χ0n) is 13.7. The van der Waals surface area contributed by atoms with Crippen LogP contribution in [0.3, 0.4) is 0 Å². The number of hydrogen-bond acceptors (Lipinski definition) is 3. The van der Waals surface area contributed by atoms with Gasteiger partial charge in [-0.1, -0.05) is 19.1 Å². The summed E-state index contributed by atoms with van der Waals surface area (Å²) >= 11 is 0. The van der Waals surface area contributed by atoms with Gasteiger partial charge in [0.2, 0.25) is 0 Å². The van der Waals surface area contributed by atoms with Crippen molar-refractivity contribution in [3.05, 3.63) is 35.8 Å². The van der Waals surface area contributed by atoms with E-state index < -0.39 is 0 Å². The largest absolute Gasteiger partial charge is 0.506 e. The maximum absolute atomic E-state index is 10.5. The number of aryl methyl sites for hydroxylation is 1. The van der Waals surface area contributed by atoms with Crippen LogP contribution < -0.4 is 4.90 Å². The van der Waals surface area contributed by atoms with E-state index in [0.29, 0.717) is 12.4 Å². The Balaban J connectivity index is 1.90. The summed E-state index contributed by atoms with van der Waals surface area (Å²) in [4.78, 5) is 5.86. The molecular weight excluding hydrogens is 288 g/mol.